The van der Waals surface area contributed by atoms with Crippen molar-refractivity contribution in [3.8, 4) is 0 Å². The van der Waals surface area contributed by atoms with Crippen molar-refractivity contribution in [2.45, 2.75) is 43.4 Å². The summed E-state index contributed by atoms with van der Waals surface area (Å²) in [6.07, 6.45) is 5.66. The lowest BCUT2D eigenvalue weighted by molar-refractivity contribution is 0.579. The number of hydrogen-bond donors (Lipinski definition) is 2. The van der Waals surface area contributed by atoms with Crippen molar-refractivity contribution in [1.82, 2.24) is 4.72 Å². The number of para-hydroxylation sites is 2. The van der Waals surface area contributed by atoms with Gasteiger partial charge in [-0.25, -0.2) is 13.1 Å². The number of aryl methyl sites for hydroxylation is 4. The van der Waals surface area contributed by atoms with Crippen LogP contribution in [0.25, 0.3) is 0 Å². The molecule has 6 nitrogen and oxygen atoms in total. The number of halogens is 4. The molecule has 0 spiro atoms. The van der Waals surface area contributed by atoms with Crippen LogP contribution >= 0.6 is 47.2 Å². The van der Waals surface area contributed by atoms with Crippen LogP contribution in [0.1, 0.15) is 35.1 Å². The molecule has 0 fully saturated rings. The number of nitrogens with two attached hydrogens (primary N) is 1. The van der Waals surface area contributed by atoms with E-state index in [1.165, 1.54) is 45.8 Å². The molecule has 51 heavy (non-hydrogen) atoms. The second kappa shape index (κ2) is 18.0. The summed E-state index contributed by atoms with van der Waals surface area (Å²) in [5.41, 5.74) is 15.8. The maximum atomic E-state index is 12.5. The molecule has 0 amide bonds. The lowest BCUT2D eigenvalue weighted by Gasteiger charge is -2.27. The largest absolute Gasteiger partial charge is 0.341 e. The minimum Gasteiger partial charge on any atom is -0.341 e. The van der Waals surface area contributed by atoms with Gasteiger partial charge in [0.1, 0.15) is 0 Å². The smallest absolute Gasteiger partial charge is 0.240 e. The molecule has 2 aliphatic heterocycles. The summed E-state index contributed by atoms with van der Waals surface area (Å²) in [7, 11) is -3.56. The maximum Gasteiger partial charge on any atom is 0.240 e. The molecule has 2 aliphatic rings. The fourth-order valence-electron chi connectivity index (χ4n) is 6.64. The van der Waals surface area contributed by atoms with E-state index in [1.54, 1.807) is 12.1 Å². The quantitative estimate of drug-likeness (QED) is 0.146. The fourth-order valence-corrected chi connectivity index (χ4v) is 8.17. The van der Waals surface area contributed by atoms with Crippen molar-refractivity contribution in [1.29, 1.82) is 0 Å². The predicted octanol–water partition coefficient (Wildman–Crippen LogP) is 9.95. The Morgan fingerprint density at radius 3 is 1.49 bits per heavy atom. The fraction of sp³-hybridized carbons (Fsp3) is 0.250. The maximum absolute atomic E-state index is 12.5. The van der Waals surface area contributed by atoms with Crippen molar-refractivity contribution < 1.29 is 8.42 Å². The summed E-state index contributed by atoms with van der Waals surface area (Å²) in [4.78, 5) is 4.83. The first kappa shape index (κ1) is 38.9. The van der Waals surface area contributed by atoms with Gasteiger partial charge in [-0.05, 0) is 128 Å². The number of rotatable bonds is 9. The van der Waals surface area contributed by atoms with Crippen molar-refractivity contribution in [3.05, 3.63) is 147 Å². The van der Waals surface area contributed by atoms with Crippen LogP contribution in [0.15, 0.2) is 114 Å². The van der Waals surface area contributed by atoms with E-state index in [9.17, 15) is 8.42 Å². The molecule has 3 N–H and O–H groups in total. The van der Waals surface area contributed by atoms with Crippen molar-refractivity contribution in [2.75, 3.05) is 36.0 Å². The predicted molar refractivity (Wildman–Crippen MR) is 217 cm³/mol. The third kappa shape index (κ3) is 9.59. The minimum absolute atomic E-state index is 0. The molecular formula is C40H42Cl4N4O2S. The number of anilines is 4. The first-order valence-electron chi connectivity index (χ1n) is 17.0. The van der Waals surface area contributed by atoms with Gasteiger partial charge >= 0.3 is 0 Å². The molecule has 2 heterocycles. The standard InChI is InChI=1S/C23H22Cl2N2O2S.C17H19ClN2.ClH/c24-19-10-12-21(13-11-19)30(28,29)26-14-3-15-27-22-5-2-1-4-17(22)6-7-18-8-9-20(25)16-23(18)27;18-15-9-8-14-7-6-13-4-1-2-5-16(13)20(11-3-10-19)17(14)12-15;/h1-2,4-5,8-13,16,26H,3,6-7,14-15H2;1-2,4-5,8-9,12H,3,6-7,10-11,19H2;1H. The second-order valence-electron chi connectivity index (χ2n) is 12.5. The zero-order chi connectivity index (χ0) is 35.1. The van der Waals surface area contributed by atoms with E-state index in [2.05, 4.69) is 75.2 Å². The Labute approximate surface area is 323 Å². The molecule has 0 aliphatic carbocycles. The first-order chi connectivity index (χ1) is 24.2. The van der Waals surface area contributed by atoms with Crippen LogP contribution in [0.4, 0.5) is 22.7 Å². The van der Waals surface area contributed by atoms with Gasteiger partial charge in [0.2, 0.25) is 10.0 Å². The number of nitrogens with one attached hydrogen (secondary N) is 1. The van der Waals surface area contributed by atoms with Gasteiger partial charge in [0.25, 0.3) is 0 Å². The number of nitrogens with zero attached hydrogens (tertiary/aromatic N) is 2. The highest BCUT2D eigenvalue weighted by Gasteiger charge is 2.22. The molecule has 268 valence electrons. The molecule has 0 aromatic heterocycles. The highest BCUT2D eigenvalue weighted by Crippen LogP contribution is 2.39. The summed E-state index contributed by atoms with van der Waals surface area (Å²) >= 11 is 18.4. The number of hydrogen-bond acceptors (Lipinski definition) is 5. The van der Waals surface area contributed by atoms with Crippen LogP contribution in [-0.2, 0) is 35.7 Å². The lowest BCUT2D eigenvalue weighted by Crippen LogP contribution is -2.28. The van der Waals surface area contributed by atoms with Crippen LogP contribution in [0.2, 0.25) is 15.1 Å². The molecule has 5 aromatic carbocycles. The van der Waals surface area contributed by atoms with Gasteiger partial charge in [-0.15, -0.1) is 12.4 Å². The second-order valence-corrected chi connectivity index (χ2v) is 15.5. The van der Waals surface area contributed by atoms with Crippen LogP contribution in [-0.4, -0.2) is 34.6 Å². The topological polar surface area (TPSA) is 78.7 Å². The number of sulfonamides is 1. The average molecular weight is 785 g/mol. The minimum atomic E-state index is -3.56. The van der Waals surface area contributed by atoms with Gasteiger partial charge in [0.05, 0.1) is 4.90 Å². The highest BCUT2D eigenvalue weighted by molar-refractivity contribution is 7.89. The Morgan fingerprint density at radius 2 is 1.00 bits per heavy atom. The molecule has 0 radical (unpaired) electrons. The monoisotopic (exact) mass is 782 g/mol. The molecule has 5 aromatic rings. The molecule has 0 saturated carbocycles. The van der Waals surface area contributed by atoms with Crippen LogP contribution in [0.5, 0.6) is 0 Å². The SMILES string of the molecule is Cl.NCCCN1c2ccccc2CCc2ccc(Cl)cc21.O=S(=O)(NCCCN1c2ccccc2CCc2ccc(Cl)cc21)c1ccc(Cl)cc1. The van der Waals surface area contributed by atoms with Gasteiger partial charge in [-0.3, -0.25) is 0 Å². The summed E-state index contributed by atoms with van der Waals surface area (Å²) < 4.78 is 27.7. The molecule has 0 bridgehead atoms. The third-order valence-electron chi connectivity index (χ3n) is 9.13. The summed E-state index contributed by atoms with van der Waals surface area (Å²) in [6, 6.07) is 35.4. The van der Waals surface area contributed by atoms with E-state index in [1.807, 2.05) is 24.3 Å². The third-order valence-corrected chi connectivity index (χ3v) is 11.3. The van der Waals surface area contributed by atoms with Crippen LogP contribution in [0.3, 0.4) is 0 Å². The van der Waals surface area contributed by atoms with E-state index in [-0.39, 0.29) is 17.3 Å². The van der Waals surface area contributed by atoms with E-state index in [4.69, 9.17) is 40.5 Å². The van der Waals surface area contributed by atoms with Crippen molar-refractivity contribution in [3.63, 3.8) is 0 Å². The molecule has 0 unspecified atom stereocenters. The Bertz CT molecular complexity index is 2040. The molecule has 0 atom stereocenters. The Hall–Kier alpha value is -3.27. The van der Waals surface area contributed by atoms with Gasteiger partial charge in [-0.1, -0.05) is 83.3 Å². The Kier molecular flexibility index (Phi) is 13.7. The zero-order valence-electron chi connectivity index (χ0n) is 28.2. The molecule has 0 saturated heterocycles. The first-order valence-corrected chi connectivity index (χ1v) is 19.6. The van der Waals surface area contributed by atoms with Gasteiger partial charge in [0.15, 0.2) is 0 Å². The lowest BCUT2D eigenvalue weighted by atomic mass is 10.0. The normalized spacial score (nSPS) is 13.3. The molecule has 11 heteroatoms. The van der Waals surface area contributed by atoms with Gasteiger partial charge in [-0.2, -0.15) is 0 Å². The van der Waals surface area contributed by atoms with E-state index in [0.29, 0.717) is 36.1 Å². The van der Waals surface area contributed by atoms with Crippen LogP contribution < -0.4 is 20.3 Å². The van der Waals surface area contributed by atoms with E-state index in [0.717, 1.165) is 55.0 Å². The van der Waals surface area contributed by atoms with E-state index < -0.39 is 10.0 Å². The van der Waals surface area contributed by atoms with Crippen molar-refractivity contribution in [2.24, 2.45) is 5.73 Å². The number of fused-ring (bicyclic) bond motifs is 4. The summed E-state index contributed by atoms with van der Waals surface area (Å²) in [5.74, 6) is 0. The molecular weight excluding hydrogens is 742 g/mol. The van der Waals surface area contributed by atoms with Crippen molar-refractivity contribution >= 4 is 80.0 Å². The zero-order valence-corrected chi connectivity index (χ0v) is 32.1. The van der Waals surface area contributed by atoms with Gasteiger partial charge in [0, 0.05) is 57.5 Å². The van der Waals surface area contributed by atoms with Gasteiger partial charge < -0.3 is 15.5 Å². The number of benzene rings is 5. The summed E-state index contributed by atoms with van der Waals surface area (Å²) in [6.45, 7) is 2.64. The Balaban J connectivity index is 0.000000209. The summed E-state index contributed by atoms with van der Waals surface area (Å²) in [5, 5.41) is 1.99. The van der Waals surface area contributed by atoms with Crippen LogP contribution in [0, 0.1) is 0 Å². The average Bonchev–Trinajstić information content (AvgIpc) is 3.37. The van der Waals surface area contributed by atoms with E-state index >= 15 is 0 Å². The Morgan fingerprint density at radius 1 is 0.569 bits per heavy atom. The highest BCUT2D eigenvalue weighted by atomic mass is 35.5. The molecule has 7 rings (SSSR count).